The Hall–Kier alpha value is -0.950. The van der Waals surface area contributed by atoms with Crippen molar-refractivity contribution in [3.63, 3.8) is 0 Å². The number of nitrogens with two attached hydrogens (primary N) is 1. The van der Waals surface area contributed by atoms with Crippen molar-refractivity contribution in [2.24, 2.45) is 17.6 Å². The zero-order valence-electron chi connectivity index (χ0n) is 15.8. The van der Waals surface area contributed by atoms with Crippen LogP contribution in [0.15, 0.2) is 0 Å². The molecule has 1 aliphatic rings. The van der Waals surface area contributed by atoms with Crippen LogP contribution >= 0.6 is 7.37 Å². The fourth-order valence-corrected chi connectivity index (χ4v) is 5.23. The van der Waals surface area contributed by atoms with Crippen LogP contribution in [-0.4, -0.2) is 59.4 Å². The first kappa shape index (κ1) is 23.1. The van der Waals surface area contributed by atoms with E-state index < -0.39 is 31.3 Å². The molecule has 0 spiro atoms. The summed E-state index contributed by atoms with van der Waals surface area (Å²) in [5.41, 5.74) is 5.67. The van der Waals surface area contributed by atoms with E-state index in [1.54, 1.807) is 13.8 Å². The molecule has 0 saturated heterocycles. The Morgan fingerprint density at radius 2 is 1.81 bits per heavy atom. The summed E-state index contributed by atoms with van der Waals surface area (Å²) >= 11 is 0. The maximum absolute atomic E-state index is 12.3. The van der Waals surface area contributed by atoms with Gasteiger partial charge in [-0.25, -0.2) is 0 Å². The number of carbonyl (C=O) groups is 2. The number of hydrogen-bond acceptors (Lipinski definition) is 5. The predicted molar refractivity (Wildman–Crippen MR) is 101 cm³/mol. The maximum Gasteiger partial charge on any atom is 0.239 e. The maximum atomic E-state index is 12.3. The second kappa shape index (κ2) is 11.0. The number of carbonyl (C=O) groups excluding carboxylic acids is 2. The average Bonchev–Trinajstić information content (AvgIpc) is 2.57. The summed E-state index contributed by atoms with van der Waals surface area (Å²) < 4.78 is 12.3. The summed E-state index contributed by atoms with van der Waals surface area (Å²) in [7, 11) is -3.42. The van der Waals surface area contributed by atoms with Crippen LogP contribution in [0.2, 0.25) is 0 Å². The lowest BCUT2D eigenvalue weighted by atomic mass is 9.91. The normalized spacial score (nSPS) is 20.2. The zero-order chi connectivity index (χ0) is 19.7. The minimum atomic E-state index is -3.42. The number of aliphatic hydroxyl groups excluding tert-OH is 1. The van der Waals surface area contributed by atoms with Crippen molar-refractivity contribution < 1.29 is 24.2 Å². The van der Waals surface area contributed by atoms with Crippen molar-refractivity contribution in [3.05, 3.63) is 0 Å². The van der Waals surface area contributed by atoms with Gasteiger partial charge in [-0.2, -0.15) is 0 Å². The Kier molecular flexibility index (Phi) is 9.79. The molecule has 0 radical (unpaired) electrons. The Balaban J connectivity index is 2.27. The third-order valence-corrected chi connectivity index (χ3v) is 6.82. The van der Waals surface area contributed by atoms with E-state index in [2.05, 4.69) is 10.6 Å². The van der Waals surface area contributed by atoms with Crippen LogP contribution in [0.3, 0.4) is 0 Å². The van der Waals surface area contributed by atoms with Gasteiger partial charge < -0.3 is 26.4 Å². The summed E-state index contributed by atoms with van der Waals surface area (Å²) in [5, 5.41) is 14.8. The highest BCUT2D eigenvalue weighted by atomic mass is 31.2. The first-order chi connectivity index (χ1) is 12.1. The van der Waals surface area contributed by atoms with Crippen LogP contribution in [0.5, 0.6) is 0 Å². The van der Waals surface area contributed by atoms with E-state index >= 15 is 0 Å². The highest BCUT2D eigenvalue weighted by molar-refractivity contribution is 7.58. The quantitative estimate of drug-likeness (QED) is 0.342. The molecule has 1 aliphatic carbocycles. The lowest BCUT2D eigenvalue weighted by Gasteiger charge is -2.25. The Morgan fingerprint density at radius 1 is 1.19 bits per heavy atom. The molecule has 0 aromatic heterocycles. The second-order valence-corrected chi connectivity index (χ2v) is 10.1. The first-order valence-corrected chi connectivity index (χ1v) is 11.4. The number of aliphatic hydroxyl groups is 1. The molecule has 9 heteroatoms. The van der Waals surface area contributed by atoms with Crippen LogP contribution in [0.4, 0.5) is 0 Å². The molecular weight excluding hydrogens is 357 g/mol. The smallest absolute Gasteiger partial charge is 0.239 e. The monoisotopic (exact) mass is 391 g/mol. The van der Waals surface area contributed by atoms with Gasteiger partial charge in [0.2, 0.25) is 19.2 Å². The fourth-order valence-electron chi connectivity index (χ4n) is 3.12. The second-order valence-electron chi connectivity index (χ2n) is 7.66. The third kappa shape index (κ3) is 9.12. The lowest BCUT2D eigenvalue weighted by Crippen LogP contribution is -2.48. The van der Waals surface area contributed by atoms with Crippen LogP contribution < -0.4 is 16.4 Å². The molecule has 2 amide bonds. The summed E-state index contributed by atoms with van der Waals surface area (Å²) in [4.78, 5) is 33.5. The molecule has 3 unspecified atom stereocenters. The van der Waals surface area contributed by atoms with Crippen LogP contribution in [0, 0.1) is 11.8 Å². The fraction of sp³-hybridized carbons (Fsp3) is 0.882. The first-order valence-electron chi connectivity index (χ1n) is 9.39. The largest absolute Gasteiger partial charge is 0.391 e. The molecule has 0 aromatic carbocycles. The van der Waals surface area contributed by atoms with Crippen molar-refractivity contribution in [2.45, 2.75) is 58.1 Å². The highest BCUT2D eigenvalue weighted by Crippen LogP contribution is 2.45. The van der Waals surface area contributed by atoms with Gasteiger partial charge in [-0.05, 0) is 24.7 Å². The minimum absolute atomic E-state index is 0.0391. The van der Waals surface area contributed by atoms with Gasteiger partial charge in [0, 0.05) is 12.7 Å². The van der Waals surface area contributed by atoms with Crippen LogP contribution in [-0.2, 0) is 14.2 Å². The zero-order valence-corrected chi connectivity index (χ0v) is 16.7. The van der Waals surface area contributed by atoms with Crippen LogP contribution in [0.25, 0.3) is 0 Å². The highest BCUT2D eigenvalue weighted by Gasteiger charge is 2.28. The summed E-state index contributed by atoms with van der Waals surface area (Å²) in [6.45, 7) is 3.24. The van der Waals surface area contributed by atoms with Crippen molar-refractivity contribution in [1.82, 2.24) is 10.6 Å². The van der Waals surface area contributed by atoms with E-state index in [1.165, 1.54) is 6.42 Å². The summed E-state index contributed by atoms with van der Waals surface area (Å²) in [6.07, 6.45) is 4.22. The Labute approximate surface area is 155 Å². The third-order valence-electron chi connectivity index (χ3n) is 4.74. The van der Waals surface area contributed by atoms with E-state index in [-0.39, 0.29) is 37.2 Å². The topological polar surface area (TPSA) is 142 Å². The van der Waals surface area contributed by atoms with Gasteiger partial charge in [0.25, 0.3) is 0 Å². The number of rotatable bonds is 10. The molecule has 0 aromatic rings. The summed E-state index contributed by atoms with van der Waals surface area (Å²) in [6, 6.07) is -0.687. The van der Waals surface area contributed by atoms with Gasteiger partial charge >= 0.3 is 0 Å². The standard InChI is InChI=1S/C17H34N3O5P/c1-12(2)16(18)17(23)20-9-15(22)19-8-14(21)11-26(24,25)10-13-6-4-3-5-7-13/h12-14,16,21H,3-11,18H2,1-2H3,(H,19,22)(H,20,23)(H,24,25). The molecule has 0 bridgehead atoms. The van der Waals surface area contributed by atoms with Crippen molar-refractivity contribution in [1.29, 1.82) is 0 Å². The van der Waals surface area contributed by atoms with Gasteiger partial charge in [-0.1, -0.05) is 33.1 Å². The number of hydrogen-bond donors (Lipinski definition) is 5. The average molecular weight is 391 g/mol. The van der Waals surface area contributed by atoms with Gasteiger partial charge in [-0.3, -0.25) is 14.2 Å². The van der Waals surface area contributed by atoms with E-state index in [1.807, 2.05) is 0 Å². The molecule has 26 heavy (non-hydrogen) atoms. The molecule has 0 heterocycles. The molecular formula is C17H34N3O5P. The van der Waals surface area contributed by atoms with Crippen LogP contribution in [0.1, 0.15) is 46.0 Å². The predicted octanol–water partition coefficient (Wildman–Crippen LogP) is 0.414. The number of nitrogens with one attached hydrogen (secondary N) is 2. The Bertz CT molecular complexity index is 509. The molecule has 3 atom stereocenters. The molecule has 0 aliphatic heterocycles. The number of amides is 2. The molecule has 8 nitrogen and oxygen atoms in total. The van der Waals surface area contributed by atoms with Crippen molar-refractivity contribution in [2.75, 3.05) is 25.4 Å². The molecule has 1 fully saturated rings. The van der Waals surface area contributed by atoms with Gasteiger partial charge in [0.1, 0.15) is 0 Å². The Morgan fingerprint density at radius 3 is 2.38 bits per heavy atom. The SMILES string of the molecule is CC(C)C(N)C(=O)NCC(=O)NCC(O)CP(=O)(O)CC1CCCCC1. The van der Waals surface area contributed by atoms with Crippen molar-refractivity contribution >= 4 is 19.2 Å². The van der Waals surface area contributed by atoms with Gasteiger partial charge in [0.05, 0.1) is 24.9 Å². The van der Waals surface area contributed by atoms with E-state index in [0.717, 1.165) is 25.7 Å². The van der Waals surface area contributed by atoms with Gasteiger partial charge in [0.15, 0.2) is 0 Å². The summed E-state index contributed by atoms with van der Waals surface area (Å²) in [5.74, 6) is -0.680. The van der Waals surface area contributed by atoms with E-state index in [4.69, 9.17) is 5.73 Å². The minimum Gasteiger partial charge on any atom is -0.391 e. The van der Waals surface area contributed by atoms with Crippen molar-refractivity contribution in [3.8, 4) is 0 Å². The van der Waals surface area contributed by atoms with E-state index in [9.17, 15) is 24.2 Å². The molecule has 152 valence electrons. The molecule has 6 N–H and O–H groups in total. The van der Waals surface area contributed by atoms with E-state index in [0.29, 0.717) is 0 Å². The lowest BCUT2D eigenvalue weighted by molar-refractivity contribution is -0.127. The molecule has 1 rings (SSSR count). The molecule has 1 saturated carbocycles. The van der Waals surface area contributed by atoms with Gasteiger partial charge in [-0.15, -0.1) is 0 Å².